The van der Waals surface area contributed by atoms with Gasteiger partial charge in [0.1, 0.15) is 23.8 Å². The molecule has 2 aromatic carbocycles. The number of piperidine rings is 2. The first-order chi connectivity index (χ1) is 24.0. The minimum atomic E-state index is -4.60. The molecule has 0 aliphatic carbocycles. The van der Waals surface area contributed by atoms with Gasteiger partial charge >= 0.3 is 6.18 Å². The number of aromatic nitrogens is 4. The summed E-state index contributed by atoms with van der Waals surface area (Å²) in [6.45, 7) is 12.1. The van der Waals surface area contributed by atoms with E-state index in [9.17, 15) is 22.4 Å². The topological polar surface area (TPSA) is 90.5 Å². The number of amides is 1. The van der Waals surface area contributed by atoms with E-state index in [0.29, 0.717) is 97.9 Å². The Morgan fingerprint density at radius 3 is 2.48 bits per heavy atom. The lowest BCUT2D eigenvalue weighted by atomic mass is 9.72. The molecule has 0 radical (unpaired) electrons. The molecule has 50 heavy (non-hydrogen) atoms. The number of hydrogen-bond donors (Lipinski definition) is 1. The van der Waals surface area contributed by atoms with Crippen LogP contribution < -0.4 is 9.64 Å². The van der Waals surface area contributed by atoms with Gasteiger partial charge in [-0.2, -0.15) is 18.3 Å². The first kappa shape index (κ1) is 34.0. The summed E-state index contributed by atoms with van der Waals surface area (Å²) in [6.07, 6.45) is 3.11. The van der Waals surface area contributed by atoms with Crippen molar-refractivity contribution in [2.24, 2.45) is 5.41 Å². The molecule has 4 aromatic rings. The summed E-state index contributed by atoms with van der Waals surface area (Å²) < 4.78 is 60.8. The number of nitrogens with zero attached hydrogens (tertiary/aromatic N) is 6. The maximum atomic E-state index is 13.9. The van der Waals surface area contributed by atoms with E-state index in [0.717, 1.165) is 29.3 Å². The fraction of sp³-hybridized carbons (Fsp3) is 0.459. The molecule has 2 aromatic heterocycles. The molecule has 0 atom stereocenters. The number of aryl methyl sites for hydroxylation is 1. The van der Waals surface area contributed by atoms with Crippen LogP contribution in [-0.2, 0) is 4.79 Å². The Morgan fingerprint density at radius 1 is 1.08 bits per heavy atom. The van der Waals surface area contributed by atoms with E-state index in [1.54, 1.807) is 17.2 Å². The summed E-state index contributed by atoms with van der Waals surface area (Å²) in [5.74, 6) is 1.09. The Labute approximate surface area is 288 Å². The molecule has 1 spiro atoms. The number of likely N-dealkylation sites (tertiary alicyclic amines) is 2. The Bertz CT molecular complexity index is 1930. The van der Waals surface area contributed by atoms with Crippen molar-refractivity contribution in [3.8, 4) is 16.9 Å². The van der Waals surface area contributed by atoms with Gasteiger partial charge in [0.25, 0.3) is 0 Å². The van der Waals surface area contributed by atoms with Crippen LogP contribution in [0.4, 0.5) is 23.4 Å². The minimum absolute atomic E-state index is 0.0192. The highest BCUT2D eigenvalue weighted by atomic mass is 19.4. The molecule has 1 amide bonds. The number of anilines is 1. The van der Waals surface area contributed by atoms with Gasteiger partial charge in [0, 0.05) is 60.4 Å². The van der Waals surface area contributed by atoms with Crippen molar-refractivity contribution in [3.63, 3.8) is 0 Å². The molecule has 0 bridgehead atoms. The molecule has 3 saturated heterocycles. The molecule has 3 aliphatic rings. The van der Waals surface area contributed by atoms with Crippen molar-refractivity contribution in [1.29, 1.82) is 0 Å². The lowest BCUT2D eigenvalue weighted by molar-refractivity contribution is -0.153. The highest BCUT2D eigenvalue weighted by molar-refractivity contribution is 6.07. The molecule has 9 nitrogen and oxygen atoms in total. The van der Waals surface area contributed by atoms with Crippen LogP contribution in [0, 0.1) is 12.3 Å². The van der Waals surface area contributed by atoms with Gasteiger partial charge in [-0.25, -0.2) is 14.4 Å². The van der Waals surface area contributed by atoms with E-state index in [2.05, 4.69) is 33.2 Å². The zero-order chi connectivity index (χ0) is 35.2. The fourth-order valence-corrected chi connectivity index (χ4v) is 7.94. The summed E-state index contributed by atoms with van der Waals surface area (Å²) in [5.41, 5.74) is 3.65. The number of carbonyl (C=O) groups excluding carboxylic acids is 1. The van der Waals surface area contributed by atoms with Gasteiger partial charge in [-0.3, -0.25) is 9.89 Å². The number of ether oxygens (including phenoxy) is 1. The van der Waals surface area contributed by atoms with E-state index in [1.807, 2.05) is 25.1 Å². The second kappa shape index (κ2) is 13.3. The third kappa shape index (κ3) is 6.31. The van der Waals surface area contributed by atoms with E-state index >= 15 is 0 Å². The van der Waals surface area contributed by atoms with E-state index < -0.39 is 19.5 Å². The summed E-state index contributed by atoms with van der Waals surface area (Å²) in [5, 5.41) is 8.51. The quantitative estimate of drug-likeness (QED) is 0.152. The van der Waals surface area contributed by atoms with Crippen molar-refractivity contribution in [1.82, 2.24) is 30.0 Å². The van der Waals surface area contributed by atoms with Crippen molar-refractivity contribution in [2.45, 2.75) is 44.7 Å². The normalized spacial score (nSPS) is 18.5. The van der Waals surface area contributed by atoms with Gasteiger partial charge in [0.2, 0.25) is 5.91 Å². The maximum absolute atomic E-state index is 13.9. The number of alkyl halides is 4. The average Bonchev–Trinajstić information content (AvgIpc) is 3.58. The Kier molecular flexibility index (Phi) is 9.04. The molecular formula is C37H41F4N7O2. The van der Waals surface area contributed by atoms with Gasteiger partial charge in [0.15, 0.2) is 12.4 Å². The van der Waals surface area contributed by atoms with Crippen molar-refractivity contribution in [2.75, 3.05) is 64.0 Å². The molecule has 3 aliphatic heterocycles. The number of benzene rings is 2. The summed E-state index contributed by atoms with van der Waals surface area (Å²) >= 11 is 0. The molecular weight excluding hydrogens is 650 g/mol. The molecule has 264 valence electrons. The number of carbonyl (C=O) groups is 1. The van der Waals surface area contributed by atoms with Crippen LogP contribution in [0.15, 0.2) is 43.6 Å². The Balaban J connectivity index is 1.39. The molecule has 7 rings (SSSR count). The largest absolute Gasteiger partial charge is 0.481 e. The third-order valence-corrected chi connectivity index (χ3v) is 10.7. The van der Waals surface area contributed by atoms with E-state index in [1.165, 1.54) is 6.08 Å². The SMILES string of the molecule is C=CC(=O)N1CC2(CCN(c3nc(C4CCN(CCF)CC4)nc4c(OCC(F)(F)F)c(-c5c(C)ccc6[nH]ncc56)c(C=C)cc34)CC2)C1. The first-order valence-corrected chi connectivity index (χ1v) is 17.1. The Hall–Kier alpha value is -4.52. The van der Waals surface area contributed by atoms with E-state index in [-0.39, 0.29) is 23.0 Å². The van der Waals surface area contributed by atoms with Crippen molar-refractivity contribution >= 4 is 39.6 Å². The number of fused-ring (bicyclic) bond motifs is 2. The molecule has 0 unspecified atom stereocenters. The summed E-state index contributed by atoms with van der Waals surface area (Å²) in [4.78, 5) is 28.5. The summed E-state index contributed by atoms with van der Waals surface area (Å²) in [7, 11) is 0. The lowest BCUT2D eigenvalue weighted by Crippen LogP contribution is -2.61. The van der Waals surface area contributed by atoms with Crippen LogP contribution in [0.3, 0.4) is 0 Å². The summed E-state index contributed by atoms with van der Waals surface area (Å²) in [6, 6.07) is 5.70. The first-order valence-electron chi connectivity index (χ1n) is 17.1. The van der Waals surface area contributed by atoms with Gasteiger partial charge in [-0.15, -0.1) is 0 Å². The number of aromatic amines is 1. The van der Waals surface area contributed by atoms with Crippen LogP contribution >= 0.6 is 0 Å². The Morgan fingerprint density at radius 2 is 1.82 bits per heavy atom. The van der Waals surface area contributed by atoms with Gasteiger partial charge in [-0.05, 0) is 80.6 Å². The minimum Gasteiger partial charge on any atom is -0.481 e. The predicted molar refractivity (Wildman–Crippen MR) is 186 cm³/mol. The van der Waals surface area contributed by atoms with Crippen molar-refractivity contribution < 1.29 is 27.1 Å². The van der Waals surface area contributed by atoms with Crippen LogP contribution in [0.5, 0.6) is 5.75 Å². The zero-order valence-electron chi connectivity index (χ0n) is 28.2. The smallest absolute Gasteiger partial charge is 0.422 e. The molecule has 1 N–H and O–H groups in total. The van der Waals surface area contributed by atoms with Crippen molar-refractivity contribution in [3.05, 3.63) is 60.6 Å². The van der Waals surface area contributed by atoms with E-state index in [4.69, 9.17) is 14.7 Å². The highest BCUT2D eigenvalue weighted by Gasteiger charge is 2.46. The second-order valence-corrected chi connectivity index (χ2v) is 13.9. The van der Waals surface area contributed by atoms with Crippen LogP contribution in [-0.4, -0.2) is 101 Å². The number of H-pyrrole nitrogens is 1. The second-order valence-electron chi connectivity index (χ2n) is 13.9. The van der Waals surface area contributed by atoms with Gasteiger partial charge < -0.3 is 19.4 Å². The number of hydrogen-bond acceptors (Lipinski definition) is 7. The number of halogens is 4. The lowest BCUT2D eigenvalue weighted by Gasteiger charge is -2.54. The van der Waals surface area contributed by atoms with Crippen LogP contribution in [0.1, 0.15) is 48.6 Å². The van der Waals surface area contributed by atoms with Crippen LogP contribution in [0.25, 0.3) is 39.0 Å². The zero-order valence-corrected chi connectivity index (χ0v) is 28.2. The maximum Gasteiger partial charge on any atom is 0.422 e. The third-order valence-electron chi connectivity index (χ3n) is 10.7. The predicted octanol–water partition coefficient (Wildman–Crippen LogP) is 6.83. The fourth-order valence-electron chi connectivity index (χ4n) is 7.94. The molecule has 13 heteroatoms. The molecule has 5 heterocycles. The van der Waals surface area contributed by atoms with Crippen LogP contribution in [0.2, 0.25) is 0 Å². The van der Waals surface area contributed by atoms with Gasteiger partial charge in [-0.1, -0.05) is 25.3 Å². The van der Waals surface area contributed by atoms with Gasteiger partial charge in [0.05, 0.1) is 11.7 Å². The number of nitrogens with one attached hydrogen (secondary N) is 1. The highest BCUT2D eigenvalue weighted by Crippen LogP contribution is 2.48. The number of rotatable bonds is 9. The standard InChI is InChI=1S/C37H41F4N7O2/c1-4-24-18-26-32(33(50-22-37(39,40)41)31(24)30-23(3)6-7-28-27(30)19-42-45-28)43-34(25-8-13-46(14-9-25)17-12-38)44-35(26)47-15-10-36(11-16-47)20-48(21-36)29(49)5-2/h4-7,18-19,25H,1-2,8-17,20-22H2,3H3,(H,42,45). The average molecular weight is 692 g/mol. The monoisotopic (exact) mass is 691 g/mol. The molecule has 3 fully saturated rings. The molecule has 0 saturated carbocycles.